The van der Waals surface area contributed by atoms with Gasteiger partial charge in [0.2, 0.25) is 5.91 Å². The Morgan fingerprint density at radius 1 is 1.10 bits per heavy atom. The van der Waals surface area contributed by atoms with Gasteiger partial charge in [-0.15, -0.1) is 0 Å². The summed E-state index contributed by atoms with van der Waals surface area (Å²) in [6.07, 6.45) is 1.61. The smallest absolute Gasteiger partial charge is 0.220 e. The summed E-state index contributed by atoms with van der Waals surface area (Å²) in [5.41, 5.74) is 5.39. The van der Waals surface area contributed by atoms with Crippen LogP contribution in [0.2, 0.25) is 0 Å². The van der Waals surface area contributed by atoms with Crippen molar-refractivity contribution >= 4 is 11.7 Å². The molecule has 0 aliphatic rings. The molecule has 20 heavy (non-hydrogen) atoms. The van der Waals surface area contributed by atoms with Crippen molar-refractivity contribution in [3.63, 3.8) is 0 Å². The zero-order valence-corrected chi connectivity index (χ0v) is 11.1. The number of carbonyl (C=O) groups is 2. The van der Waals surface area contributed by atoms with E-state index in [0.29, 0.717) is 13.1 Å². The van der Waals surface area contributed by atoms with Gasteiger partial charge in [0.05, 0.1) is 0 Å². The molecule has 110 valence electrons. The molecule has 0 unspecified atom stereocenters. The standard InChI is InChI=1S/C14H18F2N2O2/c15-11-4-3-10(9-12(11)16)13(19)5-6-14(20)18-8-2-1-7-17/h3-4,9H,1-2,5-8,17H2,(H,18,20). The Morgan fingerprint density at radius 3 is 2.50 bits per heavy atom. The molecule has 1 amide bonds. The maximum absolute atomic E-state index is 13.0. The second-order valence-corrected chi connectivity index (χ2v) is 4.40. The third-order valence-corrected chi connectivity index (χ3v) is 2.77. The first-order valence-electron chi connectivity index (χ1n) is 6.49. The molecule has 0 aliphatic heterocycles. The molecular formula is C14H18F2N2O2. The van der Waals surface area contributed by atoms with E-state index in [9.17, 15) is 18.4 Å². The van der Waals surface area contributed by atoms with E-state index < -0.39 is 11.6 Å². The Hall–Kier alpha value is -1.82. The number of halogens is 2. The third-order valence-electron chi connectivity index (χ3n) is 2.77. The lowest BCUT2D eigenvalue weighted by molar-refractivity contribution is -0.121. The number of amides is 1. The lowest BCUT2D eigenvalue weighted by Gasteiger charge is -2.04. The van der Waals surface area contributed by atoms with Crippen LogP contribution in [0.1, 0.15) is 36.0 Å². The molecule has 0 aliphatic carbocycles. The van der Waals surface area contributed by atoms with E-state index in [-0.39, 0.29) is 30.1 Å². The van der Waals surface area contributed by atoms with Gasteiger partial charge >= 0.3 is 0 Å². The molecule has 1 aromatic rings. The third kappa shape index (κ3) is 5.44. The first kappa shape index (κ1) is 16.2. The minimum atomic E-state index is -1.07. The molecule has 0 fully saturated rings. The van der Waals surface area contributed by atoms with Gasteiger partial charge in [-0.25, -0.2) is 8.78 Å². The van der Waals surface area contributed by atoms with Crippen molar-refractivity contribution in [3.8, 4) is 0 Å². The van der Waals surface area contributed by atoms with E-state index >= 15 is 0 Å². The Bertz CT molecular complexity index is 478. The first-order chi connectivity index (χ1) is 9.54. The molecular weight excluding hydrogens is 266 g/mol. The van der Waals surface area contributed by atoms with Gasteiger partial charge in [-0.3, -0.25) is 9.59 Å². The number of rotatable bonds is 8. The second-order valence-electron chi connectivity index (χ2n) is 4.40. The van der Waals surface area contributed by atoms with Crippen LogP contribution < -0.4 is 11.1 Å². The van der Waals surface area contributed by atoms with Gasteiger partial charge in [0, 0.05) is 24.9 Å². The molecule has 0 spiro atoms. The van der Waals surface area contributed by atoms with Crippen LogP contribution in [0.4, 0.5) is 8.78 Å². The summed E-state index contributed by atoms with van der Waals surface area (Å²) < 4.78 is 25.7. The molecule has 3 N–H and O–H groups in total. The summed E-state index contributed by atoms with van der Waals surface area (Å²) in [7, 11) is 0. The monoisotopic (exact) mass is 284 g/mol. The summed E-state index contributed by atoms with van der Waals surface area (Å²) in [5.74, 6) is -2.69. The van der Waals surface area contributed by atoms with Crippen molar-refractivity contribution in [1.29, 1.82) is 0 Å². The van der Waals surface area contributed by atoms with Crippen molar-refractivity contribution in [2.24, 2.45) is 5.73 Å². The van der Waals surface area contributed by atoms with Crippen LogP contribution in [-0.4, -0.2) is 24.8 Å². The van der Waals surface area contributed by atoms with Crippen LogP contribution in [0, 0.1) is 11.6 Å². The number of benzene rings is 1. The number of Topliss-reactive ketones (excluding diaryl/α,β-unsaturated/α-hetero) is 1. The predicted octanol–water partition coefficient (Wildman–Crippen LogP) is 1.78. The maximum atomic E-state index is 13.0. The summed E-state index contributed by atoms with van der Waals surface area (Å²) in [6, 6.07) is 2.95. The van der Waals surface area contributed by atoms with Crippen LogP contribution in [0.15, 0.2) is 18.2 Å². The quantitative estimate of drug-likeness (QED) is 0.564. The molecule has 0 radical (unpaired) electrons. The van der Waals surface area contributed by atoms with E-state index in [0.717, 1.165) is 25.0 Å². The van der Waals surface area contributed by atoms with Gasteiger partial charge in [0.1, 0.15) is 0 Å². The lowest BCUT2D eigenvalue weighted by atomic mass is 10.1. The fourth-order valence-corrected chi connectivity index (χ4v) is 1.63. The van der Waals surface area contributed by atoms with Crippen LogP contribution in [0.3, 0.4) is 0 Å². The van der Waals surface area contributed by atoms with Crippen LogP contribution in [0.5, 0.6) is 0 Å². The van der Waals surface area contributed by atoms with E-state index in [1.165, 1.54) is 6.07 Å². The summed E-state index contributed by atoms with van der Waals surface area (Å²) in [4.78, 5) is 23.1. The largest absolute Gasteiger partial charge is 0.356 e. The number of nitrogens with one attached hydrogen (secondary N) is 1. The van der Waals surface area contributed by atoms with Crippen molar-refractivity contribution in [3.05, 3.63) is 35.4 Å². The van der Waals surface area contributed by atoms with Crippen molar-refractivity contribution in [1.82, 2.24) is 5.32 Å². The van der Waals surface area contributed by atoms with Crippen LogP contribution >= 0.6 is 0 Å². The Kier molecular flexibility index (Phi) is 6.79. The SMILES string of the molecule is NCCCCNC(=O)CCC(=O)c1ccc(F)c(F)c1. The molecule has 0 saturated heterocycles. The Balaban J connectivity index is 2.35. The van der Waals surface area contributed by atoms with Crippen molar-refractivity contribution < 1.29 is 18.4 Å². The first-order valence-corrected chi connectivity index (χ1v) is 6.49. The van der Waals surface area contributed by atoms with Gasteiger partial charge in [0.15, 0.2) is 17.4 Å². The predicted molar refractivity (Wildman–Crippen MR) is 71.2 cm³/mol. The van der Waals surface area contributed by atoms with Crippen molar-refractivity contribution in [2.75, 3.05) is 13.1 Å². The Labute approximate surface area is 116 Å². The molecule has 1 aromatic carbocycles. The number of unbranched alkanes of at least 4 members (excludes halogenated alkanes) is 1. The maximum Gasteiger partial charge on any atom is 0.220 e. The highest BCUT2D eigenvalue weighted by Gasteiger charge is 2.11. The number of ketones is 1. The minimum absolute atomic E-state index is 0.0282. The molecule has 0 bridgehead atoms. The van der Waals surface area contributed by atoms with E-state index in [4.69, 9.17) is 5.73 Å². The number of hydrogen-bond donors (Lipinski definition) is 2. The highest BCUT2D eigenvalue weighted by Crippen LogP contribution is 2.11. The lowest BCUT2D eigenvalue weighted by Crippen LogP contribution is -2.25. The number of hydrogen-bond acceptors (Lipinski definition) is 3. The fraction of sp³-hybridized carbons (Fsp3) is 0.429. The zero-order valence-electron chi connectivity index (χ0n) is 11.1. The van der Waals surface area contributed by atoms with Gasteiger partial charge in [-0.2, -0.15) is 0 Å². The molecule has 6 heteroatoms. The summed E-state index contributed by atoms with van der Waals surface area (Å²) >= 11 is 0. The fourth-order valence-electron chi connectivity index (χ4n) is 1.63. The van der Waals surface area contributed by atoms with E-state index in [1.807, 2.05) is 0 Å². The number of nitrogens with two attached hydrogens (primary N) is 1. The highest BCUT2D eigenvalue weighted by atomic mass is 19.2. The van der Waals surface area contributed by atoms with E-state index in [1.54, 1.807) is 0 Å². The molecule has 0 saturated carbocycles. The number of carbonyl (C=O) groups excluding carboxylic acids is 2. The normalized spacial score (nSPS) is 10.3. The van der Waals surface area contributed by atoms with Crippen LogP contribution in [0.25, 0.3) is 0 Å². The van der Waals surface area contributed by atoms with Gasteiger partial charge < -0.3 is 11.1 Å². The summed E-state index contributed by atoms with van der Waals surface area (Å²) in [6.45, 7) is 1.10. The zero-order chi connectivity index (χ0) is 15.0. The molecule has 0 aromatic heterocycles. The molecule has 4 nitrogen and oxygen atoms in total. The van der Waals surface area contributed by atoms with Crippen molar-refractivity contribution in [2.45, 2.75) is 25.7 Å². The highest BCUT2D eigenvalue weighted by molar-refractivity contribution is 5.97. The Morgan fingerprint density at radius 2 is 1.85 bits per heavy atom. The molecule has 0 heterocycles. The second kappa shape index (κ2) is 8.37. The van der Waals surface area contributed by atoms with Gasteiger partial charge in [0.25, 0.3) is 0 Å². The molecule has 1 rings (SSSR count). The van der Waals surface area contributed by atoms with Crippen LogP contribution in [-0.2, 0) is 4.79 Å². The van der Waals surface area contributed by atoms with Gasteiger partial charge in [-0.05, 0) is 37.6 Å². The molecule has 0 atom stereocenters. The average Bonchev–Trinajstić information content (AvgIpc) is 2.44. The summed E-state index contributed by atoms with van der Waals surface area (Å²) in [5, 5.41) is 2.66. The van der Waals surface area contributed by atoms with E-state index in [2.05, 4.69) is 5.32 Å². The minimum Gasteiger partial charge on any atom is -0.356 e. The average molecular weight is 284 g/mol. The van der Waals surface area contributed by atoms with Gasteiger partial charge in [-0.1, -0.05) is 0 Å². The topological polar surface area (TPSA) is 72.2 Å².